The number of nitrogens with zero attached hydrogens (tertiary/aromatic N) is 8. The van der Waals surface area contributed by atoms with Crippen molar-refractivity contribution in [1.82, 2.24) is 39.0 Å². The molecule has 8 heterocycles. The number of aliphatic hydroxyl groups is 1. The van der Waals surface area contributed by atoms with Crippen molar-refractivity contribution in [3.63, 3.8) is 0 Å². The van der Waals surface area contributed by atoms with Gasteiger partial charge in [-0.25, -0.2) is 34.5 Å². The fraction of sp³-hybridized carbons (Fsp3) is 0.545. The number of thiol groups is 1. The molecule has 8 rings (SSSR count). The Morgan fingerprint density at radius 1 is 0.957 bits per heavy atom. The van der Waals surface area contributed by atoms with Crippen molar-refractivity contribution < 1.29 is 46.9 Å². The fourth-order valence-corrected chi connectivity index (χ4v) is 9.10. The Morgan fingerprint density at radius 2 is 1.61 bits per heavy atom. The van der Waals surface area contributed by atoms with Crippen LogP contribution in [0.5, 0.6) is 0 Å². The van der Waals surface area contributed by atoms with Gasteiger partial charge in [-0.3, -0.25) is 22.7 Å². The summed E-state index contributed by atoms with van der Waals surface area (Å²) in [5.41, 5.74) is 11.9. The van der Waals surface area contributed by atoms with E-state index >= 15 is 0 Å². The van der Waals surface area contributed by atoms with Gasteiger partial charge in [-0.2, -0.15) is 0 Å². The van der Waals surface area contributed by atoms with Gasteiger partial charge in [-0.05, 0) is 11.8 Å². The summed E-state index contributed by atoms with van der Waals surface area (Å²) >= 11 is 9.58. The summed E-state index contributed by atoms with van der Waals surface area (Å²) in [6, 6.07) is 0. The Labute approximate surface area is 268 Å². The third-order valence-corrected chi connectivity index (χ3v) is 11.5. The second-order valence-electron chi connectivity index (χ2n) is 11.0. The van der Waals surface area contributed by atoms with Gasteiger partial charge in [-0.1, -0.05) is 12.2 Å². The van der Waals surface area contributed by atoms with E-state index < -0.39 is 68.7 Å². The first-order valence-corrected chi connectivity index (χ1v) is 19.0. The molecule has 10 atom stereocenters. The molecule has 20 nitrogen and oxygen atoms in total. The highest BCUT2D eigenvalue weighted by Gasteiger charge is 2.64. The number of nitrogen functional groups attached to an aromatic ring is 2. The monoisotopic (exact) mass is 716 g/mol. The van der Waals surface area contributed by atoms with Gasteiger partial charge < -0.3 is 40.2 Å². The average molecular weight is 717 g/mol. The lowest BCUT2D eigenvalue weighted by molar-refractivity contribution is -0.176. The molecule has 0 aromatic carbocycles. The number of aliphatic hydroxyl groups excluding tert-OH is 1. The van der Waals surface area contributed by atoms with Crippen LogP contribution in [-0.4, -0.2) is 105 Å². The first-order valence-electron chi connectivity index (χ1n) is 13.8. The summed E-state index contributed by atoms with van der Waals surface area (Å²) in [5, 5.41) is 11.3. The van der Waals surface area contributed by atoms with Crippen LogP contribution < -0.4 is 11.5 Å². The fourth-order valence-electron chi connectivity index (χ4n) is 6.16. The van der Waals surface area contributed by atoms with E-state index in [0.717, 1.165) is 0 Å². The number of fused-ring (bicyclic) bond motifs is 4. The molecule has 24 heteroatoms. The van der Waals surface area contributed by atoms with Crippen molar-refractivity contribution >= 4 is 71.5 Å². The number of hydrogen-bond acceptors (Lipinski definition) is 18. The van der Waals surface area contributed by atoms with Crippen LogP contribution in [0, 0.1) is 0 Å². The number of nitrogens with two attached hydrogens (primary N) is 2. The van der Waals surface area contributed by atoms with Crippen LogP contribution in [0.1, 0.15) is 18.9 Å². The zero-order chi connectivity index (χ0) is 32.0. The molecular weight excluding hydrogens is 690 g/mol. The minimum Gasteiger partial charge on any atom is -0.387 e. The molecule has 6 N–H and O–H groups in total. The van der Waals surface area contributed by atoms with Crippen LogP contribution in [0.25, 0.3) is 22.3 Å². The zero-order valence-electron chi connectivity index (χ0n) is 23.3. The SMILES string of the molecule is Nc1ncnc2c1ncn2C1O[C@]23CCOP(O)(=S)O[C@@H]4[C@H](O)[C@@H](COP(=O)(S)O[C@H]2C1OC3)O[C@H]4n1cnc2c(N)ncnc21. The highest BCUT2D eigenvalue weighted by atomic mass is 32.7. The summed E-state index contributed by atoms with van der Waals surface area (Å²) in [4.78, 5) is 36.1. The van der Waals surface area contributed by atoms with E-state index in [1.165, 1.54) is 29.9 Å². The molecule has 0 aliphatic carbocycles. The summed E-state index contributed by atoms with van der Waals surface area (Å²) in [6.07, 6.45) is -2.32. The summed E-state index contributed by atoms with van der Waals surface area (Å²) < 4.78 is 58.6. The molecule has 4 bridgehead atoms. The molecule has 46 heavy (non-hydrogen) atoms. The predicted molar refractivity (Wildman–Crippen MR) is 161 cm³/mol. The minimum atomic E-state index is -4.17. The van der Waals surface area contributed by atoms with Gasteiger partial charge in [0.05, 0.1) is 32.5 Å². The number of hydrogen-bond donors (Lipinski definition) is 5. The summed E-state index contributed by atoms with van der Waals surface area (Å²) in [5.74, 6) is 0.295. The van der Waals surface area contributed by atoms with Gasteiger partial charge in [-0.15, -0.1) is 0 Å². The molecule has 4 unspecified atom stereocenters. The van der Waals surface area contributed by atoms with Gasteiger partial charge in [0.1, 0.15) is 59.8 Å². The molecule has 0 radical (unpaired) electrons. The number of rotatable bonds is 2. The van der Waals surface area contributed by atoms with Crippen LogP contribution in [-0.2, 0) is 48.7 Å². The van der Waals surface area contributed by atoms with Crippen molar-refractivity contribution in [3.05, 3.63) is 25.3 Å². The molecule has 4 aliphatic rings. The number of anilines is 2. The first kappa shape index (κ1) is 30.9. The molecule has 4 saturated heterocycles. The molecule has 0 spiro atoms. The molecular formula is C22H26N10O10P2S2. The molecule has 4 aromatic rings. The standard InChI is InChI=1S/C22H26N10O10P2S2/c23-16-10-18(27-5-25-16)31(7-29-10)20-13-12(33)9(39-20)3-38-44(35,46)42-15-14-21(32-8-30-11-17(24)26-6-28-19(11)32)40-22(15,4-36-14)1-2-37-43(34,45)41-13/h5-9,12-15,20-21,33H,1-4H2,(H,34,45)(H,35,46)(H2,23,25,27)(H2,24,26,28)/t9-,12-,13-,14?,15+,20-,21?,22+,43?,44?/m1/s1. The largest absolute Gasteiger partial charge is 0.387 e. The molecule has 246 valence electrons. The highest BCUT2D eigenvalue weighted by Crippen LogP contribution is 2.61. The summed E-state index contributed by atoms with van der Waals surface area (Å²) in [7, 11) is 0. The lowest BCUT2D eigenvalue weighted by atomic mass is 9.96. The smallest absolute Gasteiger partial charge is 0.386 e. The van der Waals surface area contributed by atoms with Gasteiger partial charge in [0.25, 0.3) is 0 Å². The van der Waals surface area contributed by atoms with E-state index in [0.29, 0.717) is 11.2 Å². The van der Waals surface area contributed by atoms with Gasteiger partial charge in [0.2, 0.25) is 0 Å². The number of aromatic nitrogens is 8. The van der Waals surface area contributed by atoms with E-state index in [1.54, 1.807) is 4.57 Å². The van der Waals surface area contributed by atoms with Crippen LogP contribution in [0.4, 0.5) is 11.6 Å². The Hall–Kier alpha value is -2.43. The van der Waals surface area contributed by atoms with Crippen LogP contribution >= 0.6 is 25.8 Å². The number of imidazole rings is 2. The lowest BCUT2D eigenvalue weighted by Gasteiger charge is -2.33. The predicted octanol–water partition coefficient (Wildman–Crippen LogP) is 0.217. The van der Waals surface area contributed by atoms with Crippen molar-refractivity contribution in [2.24, 2.45) is 0 Å². The molecule has 4 aliphatic heterocycles. The first-order chi connectivity index (χ1) is 22.0. The summed E-state index contributed by atoms with van der Waals surface area (Å²) in [6.45, 7) is -8.86. The second-order valence-corrected chi connectivity index (χ2v) is 16.6. The highest BCUT2D eigenvalue weighted by molar-refractivity contribution is 8.44. The third kappa shape index (κ3) is 5.04. The van der Waals surface area contributed by atoms with E-state index in [-0.39, 0.29) is 42.4 Å². The Kier molecular flexibility index (Phi) is 7.42. The molecule has 4 aromatic heterocycles. The van der Waals surface area contributed by atoms with E-state index in [4.69, 9.17) is 55.6 Å². The van der Waals surface area contributed by atoms with Gasteiger partial charge in [0, 0.05) is 6.42 Å². The van der Waals surface area contributed by atoms with Gasteiger partial charge >= 0.3 is 13.5 Å². The zero-order valence-corrected chi connectivity index (χ0v) is 26.8. The maximum atomic E-state index is 13.7. The van der Waals surface area contributed by atoms with Crippen molar-refractivity contribution in [3.8, 4) is 0 Å². The van der Waals surface area contributed by atoms with E-state index in [9.17, 15) is 14.6 Å². The normalized spacial score (nSPS) is 39.9. The topological polar surface area (TPSA) is 261 Å². The van der Waals surface area contributed by atoms with E-state index in [1.807, 2.05) is 0 Å². The molecule has 0 saturated carbocycles. The van der Waals surface area contributed by atoms with Gasteiger partial charge in [0.15, 0.2) is 35.4 Å². The van der Waals surface area contributed by atoms with Crippen LogP contribution in [0.2, 0.25) is 0 Å². The Morgan fingerprint density at radius 3 is 2.28 bits per heavy atom. The maximum absolute atomic E-state index is 13.7. The van der Waals surface area contributed by atoms with Crippen molar-refractivity contribution in [2.75, 3.05) is 31.3 Å². The Bertz CT molecular complexity index is 1940. The third-order valence-electron chi connectivity index (χ3n) is 8.29. The van der Waals surface area contributed by atoms with Crippen LogP contribution in [0.15, 0.2) is 25.3 Å². The number of ether oxygens (including phenoxy) is 3. The Balaban J connectivity index is 1.11. The average Bonchev–Trinajstić information content (AvgIpc) is 3.81. The second kappa shape index (κ2) is 11.1. The van der Waals surface area contributed by atoms with Crippen LogP contribution in [0.3, 0.4) is 0 Å². The van der Waals surface area contributed by atoms with Crippen molar-refractivity contribution in [2.45, 2.75) is 55.0 Å². The van der Waals surface area contributed by atoms with E-state index in [2.05, 4.69) is 42.2 Å². The molecule has 4 fully saturated rings. The maximum Gasteiger partial charge on any atom is 0.386 e. The quantitative estimate of drug-likeness (QED) is 0.137. The minimum absolute atomic E-state index is 0.0166. The molecule has 0 amide bonds. The lowest BCUT2D eigenvalue weighted by Crippen LogP contribution is -2.42. The van der Waals surface area contributed by atoms with Crippen molar-refractivity contribution in [1.29, 1.82) is 0 Å².